The molecule has 140 valence electrons. The van der Waals surface area contributed by atoms with Crippen molar-refractivity contribution in [3.8, 4) is 22.8 Å². The van der Waals surface area contributed by atoms with Gasteiger partial charge in [-0.15, -0.1) is 0 Å². The third-order valence-electron chi connectivity index (χ3n) is 4.59. The maximum absolute atomic E-state index is 14.1. The summed E-state index contributed by atoms with van der Waals surface area (Å²) in [5.74, 6) is -0.640. The molecule has 28 heavy (non-hydrogen) atoms. The number of benzene rings is 2. The maximum Gasteiger partial charge on any atom is 0.336 e. The first kappa shape index (κ1) is 18.4. The number of carbonyl (C=O) groups is 1. The van der Waals surface area contributed by atoms with Gasteiger partial charge in [-0.2, -0.15) is 0 Å². The molecule has 0 spiro atoms. The minimum absolute atomic E-state index is 0.202. The molecule has 0 fully saturated rings. The van der Waals surface area contributed by atoms with Gasteiger partial charge in [-0.25, -0.2) is 14.2 Å². The van der Waals surface area contributed by atoms with Crippen molar-refractivity contribution in [2.24, 2.45) is 0 Å². The van der Waals surface area contributed by atoms with Crippen molar-refractivity contribution in [2.45, 2.75) is 13.3 Å². The zero-order valence-electron chi connectivity index (χ0n) is 14.9. The third kappa shape index (κ3) is 3.10. The molecule has 0 aliphatic rings. The second-order valence-corrected chi connectivity index (χ2v) is 7.19. The van der Waals surface area contributed by atoms with Crippen molar-refractivity contribution in [3.63, 3.8) is 0 Å². The molecule has 2 aromatic heterocycles. The van der Waals surface area contributed by atoms with Crippen LogP contribution in [0.4, 0.5) is 4.39 Å². The summed E-state index contributed by atoms with van der Waals surface area (Å²) in [6, 6.07) is 15.0. The zero-order chi connectivity index (χ0) is 19.8. The predicted octanol–water partition coefficient (Wildman–Crippen LogP) is 6.32. The minimum Gasteiger partial charge on any atom is -0.478 e. The lowest BCUT2D eigenvalue weighted by molar-refractivity contribution is 0.0698. The van der Waals surface area contributed by atoms with Gasteiger partial charge in [0.25, 0.3) is 0 Å². The van der Waals surface area contributed by atoms with Gasteiger partial charge in [-0.1, -0.05) is 35.0 Å². The SMILES string of the molecule is CCc1c(-c2ccc(-c3ccccc3F)o2)nc2ccc(Br)cc2c1C(=O)O. The average molecular weight is 440 g/mol. The molecule has 0 radical (unpaired) electrons. The number of nitrogens with zero attached hydrogens (tertiary/aromatic N) is 1. The van der Waals surface area contributed by atoms with E-state index in [1.54, 1.807) is 42.5 Å². The number of hydrogen-bond acceptors (Lipinski definition) is 3. The van der Waals surface area contributed by atoms with Crippen LogP contribution in [0.25, 0.3) is 33.7 Å². The Morgan fingerprint density at radius 3 is 2.61 bits per heavy atom. The van der Waals surface area contributed by atoms with E-state index in [2.05, 4.69) is 20.9 Å². The third-order valence-corrected chi connectivity index (χ3v) is 5.09. The van der Waals surface area contributed by atoms with Crippen LogP contribution in [0.2, 0.25) is 0 Å². The zero-order valence-corrected chi connectivity index (χ0v) is 16.5. The summed E-state index contributed by atoms with van der Waals surface area (Å²) in [5.41, 5.74) is 2.13. The number of aromatic nitrogens is 1. The number of rotatable bonds is 4. The maximum atomic E-state index is 14.1. The summed E-state index contributed by atoms with van der Waals surface area (Å²) in [6.45, 7) is 1.87. The van der Waals surface area contributed by atoms with E-state index >= 15 is 0 Å². The molecule has 6 heteroatoms. The molecule has 4 nitrogen and oxygen atoms in total. The van der Waals surface area contributed by atoms with Crippen molar-refractivity contribution >= 4 is 32.8 Å². The molecule has 0 unspecified atom stereocenters. The molecular weight excluding hydrogens is 425 g/mol. The van der Waals surface area contributed by atoms with Gasteiger partial charge in [0.2, 0.25) is 0 Å². The van der Waals surface area contributed by atoms with Crippen LogP contribution < -0.4 is 0 Å². The van der Waals surface area contributed by atoms with E-state index in [0.717, 1.165) is 4.47 Å². The van der Waals surface area contributed by atoms with Crippen LogP contribution in [0, 0.1) is 5.82 Å². The second kappa shape index (κ2) is 7.20. The lowest BCUT2D eigenvalue weighted by atomic mass is 9.97. The molecule has 0 saturated heterocycles. The van der Waals surface area contributed by atoms with Crippen LogP contribution >= 0.6 is 15.9 Å². The predicted molar refractivity (Wildman–Crippen MR) is 109 cm³/mol. The molecule has 1 N–H and O–H groups in total. The van der Waals surface area contributed by atoms with E-state index in [1.807, 2.05) is 13.0 Å². The standard InChI is InChI=1S/C22H15BrFNO3/c1-2-13-20(22(26)27)15-11-12(23)7-8-17(15)25-21(13)19-10-9-18(28-19)14-5-3-4-6-16(14)24/h3-11H,2H2,1H3,(H,26,27). The lowest BCUT2D eigenvalue weighted by Gasteiger charge is -2.12. The number of furan rings is 1. The monoisotopic (exact) mass is 439 g/mol. The van der Waals surface area contributed by atoms with Crippen molar-refractivity contribution in [1.82, 2.24) is 4.98 Å². The second-order valence-electron chi connectivity index (χ2n) is 6.28. The van der Waals surface area contributed by atoms with Crippen molar-refractivity contribution in [1.29, 1.82) is 0 Å². The van der Waals surface area contributed by atoms with Gasteiger partial charge in [-0.05, 0) is 54.4 Å². The summed E-state index contributed by atoms with van der Waals surface area (Å²) in [7, 11) is 0. The first-order chi connectivity index (χ1) is 13.5. The smallest absolute Gasteiger partial charge is 0.336 e. The molecule has 4 aromatic rings. The fourth-order valence-electron chi connectivity index (χ4n) is 3.34. The number of carboxylic acids is 1. The fraction of sp³-hybridized carbons (Fsp3) is 0.0909. The van der Waals surface area contributed by atoms with Gasteiger partial charge < -0.3 is 9.52 Å². The van der Waals surface area contributed by atoms with E-state index < -0.39 is 5.97 Å². The normalized spacial score (nSPS) is 11.1. The van der Waals surface area contributed by atoms with Crippen LogP contribution in [0.15, 0.2) is 63.5 Å². The quantitative estimate of drug-likeness (QED) is 0.403. The summed E-state index contributed by atoms with van der Waals surface area (Å²) >= 11 is 3.39. The summed E-state index contributed by atoms with van der Waals surface area (Å²) < 4.78 is 20.7. The summed E-state index contributed by atoms with van der Waals surface area (Å²) in [4.78, 5) is 16.7. The molecule has 0 bridgehead atoms. The molecule has 0 aliphatic heterocycles. The van der Waals surface area contributed by atoms with E-state index in [-0.39, 0.29) is 11.4 Å². The van der Waals surface area contributed by atoms with Gasteiger partial charge in [0.1, 0.15) is 17.3 Å². The Balaban J connectivity index is 1.96. The summed E-state index contributed by atoms with van der Waals surface area (Å²) in [5, 5.41) is 10.4. The molecule has 2 aromatic carbocycles. The van der Waals surface area contributed by atoms with Crippen LogP contribution in [0.1, 0.15) is 22.8 Å². The van der Waals surface area contributed by atoms with E-state index in [0.29, 0.717) is 45.7 Å². The van der Waals surface area contributed by atoms with Gasteiger partial charge in [0.05, 0.1) is 16.6 Å². The largest absolute Gasteiger partial charge is 0.478 e. The van der Waals surface area contributed by atoms with Crippen molar-refractivity contribution in [2.75, 3.05) is 0 Å². The highest BCUT2D eigenvalue weighted by Crippen LogP contribution is 2.35. The molecule has 0 atom stereocenters. The van der Waals surface area contributed by atoms with Gasteiger partial charge in [0, 0.05) is 9.86 Å². The Morgan fingerprint density at radius 1 is 1.14 bits per heavy atom. The Bertz CT molecular complexity index is 1220. The number of carboxylic acid groups (broad SMARTS) is 1. The van der Waals surface area contributed by atoms with E-state index in [9.17, 15) is 14.3 Å². The van der Waals surface area contributed by atoms with Crippen LogP contribution in [0.3, 0.4) is 0 Å². The van der Waals surface area contributed by atoms with E-state index in [4.69, 9.17) is 4.42 Å². The number of halogens is 2. The highest BCUT2D eigenvalue weighted by atomic mass is 79.9. The number of pyridine rings is 1. The lowest BCUT2D eigenvalue weighted by Crippen LogP contribution is -2.07. The number of fused-ring (bicyclic) bond motifs is 1. The Hall–Kier alpha value is -2.99. The first-order valence-corrected chi connectivity index (χ1v) is 9.49. The Labute approximate surface area is 168 Å². The fourth-order valence-corrected chi connectivity index (χ4v) is 3.70. The van der Waals surface area contributed by atoms with E-state index in [1.165, 1.54) is 6.07 Å². The molecule has 4 rings (SSSR count). The minimum atomic E-state index is -1.02. The van der Waals surface area contributed by atoms with Gasteiger partial charge in [-0.3, -0.25) is 0 Å². The molecular formula is C22H15BrFNO3. The first-order valence-electron chi connectivity index (χ1n) is 8.70. The molecule has 0 aliphatic carbocycles. The molecule has 0 saturated carbocycles. The van der Waals surface area contributed by atoms with Crippen molar-refractivity contribution in [3.05, 3.63) is 76.0 Å². The van der Waals surface area contributed by atoms with Gasteiger partial charge >= 0.3 is 5.97 Å². The van der Waals surface area contributed by atoms with Gasteiger partial charge in [0.15, 0.2) is 5.76 Å². The molecule has 0 amide bonds. The van der Waals surface area contributed by atoms with Crippen LogP contribution in [0.5, 0.6) is 0 Å². The average Bonchev–Trinajstić information content (AvgIpc) is 3.16. The summed E-state index contributed by atoms with van der Waals surface area (Å²) in [6.07, 6.45) is 0.460. The molecule has 2 heterocycles. The number of aromatic carboxylic acids is 1. The number of hydrogen-bond donors (Lipinski definition) is 1. The highest BCUT2D eigenvalue weighted by molar-refractivity contribution is 9.10. The van der Waals surface area contributed by atoms with Crippen LogP contribution in [-0.2, 0) is 6.42 Å². The Kier molecular flexibility index (Phi) is 4.73. The highest BCUT2D eigenvalue weighted by Gasteiger charge is 2.22. The topological polar surface area (TPSA) is 63.3 Å². The van der Waals surface area contributed by atoms with Crippen LogP contribution in [-0.4, -0.2) is 16.1 Å². The van der Waals surface area contributed by atoms with Crippen molar-refractivity contribution < 1.29 is 18.7 Å². The Morgan fingerprint density at radius 2 is 1.89 bits per heavy atom.